The van der Waals surface area contributed by atoms with Crippen molar-refractivity contribution in [2.75, 3.05) is 19.7 Å². The van der Waals surface area contributed by atoms with Crippen molar-refractivity contribution >= 4 is 43.9 Å². The zero-order chi connectivity index (χ0) is 17.4. The molecular weight excluding hydrogens is 356 g/mol. The lowest BCUT2D eigenvalue weighted by molar-refractivity contribution is -0.123. The highest BCUT2D eigenvalue weighted by Crippen LogP contribution is 2.58. The van der Waals surface area contributed by atoms with Gasteiger partial charge in [-0.2, -0.15) is 0 Å². The fourth-order valence-corrected chi connectivity index (χ4v) is 6.16. The van der Waals surface area contributed by atoms with Gasteiger partial charge in [0.15, 0.2) is 0 Å². The summed E-state index contributed by atoms with van der Waals surface area (Å²) in [5.41, 5.74) is 1.13. The van der Waals surface area contributed by atoms with Crippen molar-refractivity contribution in [2.24, 2.45) is 11.3 Å². The van der Waals surface area contributed by atoms with Crippen molar-refractivity contribution in [1.29, 1.82) is 0 Å². The number of nitrogens with one attached hydrogen (secondary N) is 2. The van der Waals surface area contributed by atoms with Gasteiger partial charge in [-0.3, -0.25) is 4.79 Å². The predicted octanol–water partition coefficient (Wildman–Crippen LogP) is 3.15. The van der Waals surface area contributed by atoms with Crippen LogP contribution in [-0.4, -0.2) is 31.6 Å². The summed E-state index contributed by atoms with van der Waals surface area (Å²) >= 11 is 3.06. The normalized spacial score (nSPS) is 21.4. The van der Waals surface area contributed by atoms with E-state index in [4.69, 9.17) is 4.74 Å². The lowest BCUT2D eigenvalue weighted by atomic mass is 9.92. The Morgan fingerprint density at radius 2 is 2.20 bits per heavy atom. The Bertz CT molecular complexity index is 804. The van der Waals surface area contributed by atoms with E-state index in [2.05, 4.69) is 10.6 Å². The molecule has 0 bridgehead atoms. The van der Waals surface area contributed by atoms with E-state index in [0.29, 0.717) is 18.0 Å². The third-order valence-electron chi connectivity index (χ3n) is 5.40. The number of esters is 1. The number of carbonyl (C=O) groups excluding carboxylic acids is 2. The number of piperidine rings is 1. The van der Waals surface area contributed by atoms with Crippen molar-refractivity contribution in [2.45, 2.75) is 32.7 Å². The van der Waals surface area contributed by atoms with Crippen LogP contribution in [0.15, 0.2) is 11.4 Å². The minimum absolute atomic E-state index is 0.132. The molecule has 7 heteroatoms. The third-order valence-corrected chi connectivity index (χ3v) is 7.68. The van der Waals surface area contributed by atoms with Crippen LogP contribution < -0.4 is 10.6 Å². The van der Waals surface area contributed by atoms with E-state index in [9.17, 15) is 9.59 Å². The molecule has 2 aromatic rings. The Hall–Kier alpha value is -1.44. The second-order valence-corrected chi connectivity index (χ2v) is 8.80. The van der Waals surface area contributed by atoms with Crippen molar-refractivity contribution in [3.8, 4) is 0 Å². The average molecular weight is 379 g/mol. The maximum absolute atomic E-state index is 12.6. The minimum Gasteiger partial charge on any atom is -0.462 e. The Balaban J connectivity index is 1.47. The summed E-state index contributed by atoms with van der Waals surface area (Å²) < 4.78 is 7.35. The van der Waals surface area contributed by atoms with Crippen LogP contribution in [0.5, 0.6) is 0 Å². The van der Waals surface area contributed by atoms with Crippen LogP contribution in [0.3, 0.4) is 0 Å². The molecule has 134 valence electrons. The van der Waals surface area contributed by atoms with Gasteiger partial charge in [-0.1, -0.05) is 0 Å². The van der Waals surface area contributed by atoms with E-state index in [1.54, 1.807) is 18.3 Å². The minimum atomic E-state index is -0.290. The summed E-state index contributed by atoms with van der Waals surface area (Å²) in [6.07, 6.45) is 3.18. The smallest absolute Gasteiger partial charge is 0.348 e. The molecule has 1 saturated carbocycles. The molecule has 2 N–H and O–H groups in total. The molecule has 0 radical (unpaired) electrons. The van der Waals surface area contributed by atoms with E-state index in [0.717, 1.165) is 47.3 Å². The molecule has 3 heterocycles. The van der Waals surface area contributed by atoms with Gasteiger partial charge in [0, 0.05) is 22.7 Å². The summed E-state index contributed by atoms with van der Waals surface area (Å²) in [5, 5.41) is 8.47. The Kier molecular flexibility index (Phi) is 4.56. The molecule has 1 saturated heterocycles. The lowest BCUT2D eigenvalue weighted by Crippen LogP contribution is -2.33. The zero-order valence-electron chi connectivity index (χ0n) is 14.2. The number of ether oxygens (including phenoxy) is 1. The van der Waals surface area contributed by atoms with Crippen LogP contribution in [-0.2, 0) is 16.1 Å². The third kappa shape index (κ3) is 3.09. The maximum Gasteiger partial charge on any atom is 0.348 e. The number of fused-ring (bicyclic) bond motifs is 1. The number of rotatable bonds is 5. The molecule has 25 heavy (non-hydrogen) atoms. The van der Waals surface area contributed by atoms with Crippen LogP contribution in [0.1, 0.15) is 41.4 Å². The second kappa shape index (κ2) is 6.70. The van der Waals surface area contributed by atoms with Gasteiger partial charge in [-0.25, -0.2) is 4.79 Å². The first kappa shape index (κ1) is 17.0. The Morgan fingerprint density at radius 1 is 1.40 bits per heavy atom. The van der Waals surface area contributed by atoms with Gasteiger partial charge >= 0.3 is 5.97 Å². The molecule has 1 amide bonds. The van der Waals surface area contributed by atoms with Crippen molar-refractivity contribution < 1.29 is 14.3 Å². The number of hydrogen-bond acceptors (Lipinski definition) is 6. The molecule has 2 fully saturated rings. The fraction of sp³-hybridized carbons (Fsp3) is 0.556. The summed E-state index contributed by atoms with van der Waals surface area (Å²) in [4.78, 5) is 25.5. The molecule has 2 aliphatic rings. The SMILES string of the molecule is CCOC(=O)c1sc2ccsc2c1CNC(=O)C1CC12CCNCC2. The highest BCUT2D eigenvalue weighted by Gasteiger charge is 2.57. The summed E-state index contributed by atoms with van der Waals surface area (Å²) in [6.45, 7) is 4.59. The van der Waals surface area contributed by atoms with E-state index in [1.807, 2.05) is 11.4 Å². The second-order valence-electron chi connectivity index (χ2n) is 6.83. The molecular formula is C18H22N2O3S2. The molecule has 5 nitrogen and oxygen atoms in total. The van der Waals surface area contributed by atoms with Crippen molar-refractivity contribution in [1.82, 2.24) is 10.6 Å². The Labute approximate surface area is 154 Å². The van der Waals surface area contributed by atoms with Gasteiger partial charge in [0.2, 0.25) is 5.91 Å². The fourth-order valence-electron chi connectivity index (χ4n) is 3.89. The van der Waals surface area contributed by atoms with E-state index in [1.165, 1.54) is 11.3 Å². The number of hydrogen-bond donors (Lipinski definition) is 2. The van der Waals surface area contributed by atoms with E-state index >= 15 is 0 Å². The Morgan fingerprint density at radius 3 is 2.96 bits per heavy atom. The van der Waals surface area contributed by atoms with Gasteiger partial charge in [0.1, 0.15) is 4.88 Å². The molecule has 1 aliphatic carbocycles. The van der Waals surface area contributed by atoms with Gasteiger partial charge in [-0.05, 0) is 56.1 Å². The first-order valence-electron chi connectivity index (χ1n) is 8.79. The maximum atomic E-state index is 12.6. The van der Waals surface area contributed by atoms with Crippen molar-refractivity contribution in [3.63, 3.8) is 0 Å². The molecule has 2 aromatic heterocycles. The number of amides is 1. The monoisotopic (exact) mass is 378 g/mol. The van der Waals surface area contributed by atoms with Crippen LogP contribution in [0, 0.1) is 11.3 Å². The lowest BCUT2D eigenvalue weighted by Gasteiger charge is -2.23. The largest absolute Gasteiger partial charge is 0.462 e. The summed E-state index contributed by atoms with van der Waals surface area (Å²) in [7, 11) is 0. The summed E-state index contributed by atoms with van der Waals surface area (Å²) in [6, 6.07) is 2.02. The highest BCUT2D eigenvalue weighted by molar-refractivity contribution is 7.28. The number of carbonyl (C=O) groups is 2. The number of thiophene rings is 2. The van der Waals surface area contributed by atoms with Crippen LogP contribution >= 0.6 is 22.7 Å². The van der Waals surface area contributed by atoms with Gasteiger partial charge in [0.25, 0.3) is 0 Å². The quantitative estimate of drug-likeness (QED) is 0.785. The highest BCUT2D eigenvalue weighted by atomic mass is 32.1. The van der Waals surface area contributed by atoms with Crippen molar-refractivity contribution in [3.05, 3.63) is 21.9 Å². The predicted molar refractivity (Wildman–Crippen MR) is 100 cm³/mol. The van der Waals surface area contributed by atoms with Crippen LogP contribution in [0.25, 0.3) is 9.40 Å². The molecule has 1 spiro atoms. The average Bonchev–Trinajstić information content (AvgIpc) is 2.95. The van der Waals surface area contributed by atoms with Crippen LogP contribution in [0.2, 0.25) is 0 Å². The molecule has 1 aliphatic heterocycles. The van der Waals surface area contributed by atoms with Gasteiger partial charge < -0.3 is 15.4 Å². The molecule has 1 unspecified atom stereocenters. The molecule has 4 rings (SSSR count). The zero-order valence-corrected chi connectivity index (χ0v) is 15.9. The first-order chi connectivity index (χ1) is 12.1. The van der Waals surface area contributed by atoms with Crippen LogP contribution in [0.4, 0.5) is 0 Å². The van der Waals surface area contributed by atoms with E-state index in [-0.39, 0.29) is 23.2 Å². The molecule has 1 atom stereocenters. The van der Waals surface area contributed by atoms with Gasteiger partial charge in [-0.15, -0.1) is 22.7 Å². The topological polar surface area (TPSA) is 67.4 Å². The first-order valence-corrected chi connectivity index (χ1v) is 10.5. The molecule has 0 aromatic carbocycles. The van der Waals surface area contributed by atoms with E-state index < -0.39 is 0 Å². The standard InChI is InChI=1S/C18H22N2O3S2/c1-2-23-17(22)15-11(14-13(25-15)3-8-24-14)10-20-16(21)12-9-18(12)4-6-19-7-5-18/h3,8,12,19H,2,4-7,9-10H2,1H3,(H,20,21). The van der Waals surface area contributed by atoms with Gasteiger partial charge in [0.05, 0.1) is 11.3 Å². The summed E-state index contributed by atoms with van der Waals surface area (Å²) in [5.74, 6) is -0.0212.